The number of hydrogen-bond acceptors (Lipinski definition) is 3. The summed E-state index contributed by atoms with van der Waals surface area (Å²) in [6, 6.07) is 2.45. The summed E-state index contributed by atoms with van der Waals surface area (Å²) >= 11 is 16.5. The van der Waals surface area contributed by atoms with E-state index in [9.17, 15) is 31.1 Å². The van der Waals surface area contributed by atoms with Crippen molar-refractivity contribution < 1.29 is 40.6 Å². The molecule has 0 saturated heterocycles. The fourth-order valence-corrected chi connectivity index (χ4v) is 1.80. The molecular weight excluding hydrogens is 412 g/mol. The zero-order valence-electron chi connectivity index (χ0n) is 11.3. The van der Waals surface area contributed by atoms with Crippen molar-refractivity contribution in [3.05, 3.63) is 23.8 Å². The average molecular weight is 420 g/mol. The van der Waals surface area contributed by atoms with Crippen molar-refractivity contribution in [2.24, 2.45) is 0 Å². The van der Waals surface area contributed by atoms with Gasteiger partial charge in [-0.2, -0.15) is 26.3 Å². The van der Waals surface area contributed by atoms with Crippen LogP contribution in [0.25, 0.3) is 0 Å². The van der Waals surface area contributed by atoms with Crippen LogP contribution in [0.3, 0.4) is 0 Å². The summed E-state index contributed by atoms with van der Waals surface area (Å²) in [4.78, 5) is 11.3. The first-order chi connectivity index (χ1) is 10.7. The highest BCUT2D eigenvalue weighted by Crippen LogP contribution is 2.43. The molecule has 0 aromatic heterocycles. The van der Waals surface area contributed by atoms with Gasteiger partial charge in [-0.3, -0.25) is 4.79 Å². The van der Waals surface area contributed by atoms with Crippen LogP contribution in [0.4, 0.5) is 26.3 Å². The van der Waals surface area contributed by atoms with Crippen LogP contribution in [-0.2, 0) is 9.13 Å². The van der Waals surface area contributed by atoms with Gasteiger partial charge in [-0.15, -0.1) is 0 Å². The summed E-state index contributed by atoms with van der Waals surface area (Å²) in [5.41, 5.74) is -0.588. The molecule has 1 rings (SSSR count). The maximum absolute atomic E-state index is 12.2. The summed E-state index contributed by atoms with van der Waals surface area (Å²) in [6.45, 7) is -3.43. The van der Waals surface area contributed by atoms with Gasteiger partial charge in [-0.1, -0.05) is 23.2 Å². The van der Waals surface area contributed by atoms with Gasteiger partial charge >= 0.3 is 12.4 Å². The summed E-state index contributed by atoms with van der Waals surface area (Å²) in [5.74, 6) is -1.05. The molecule has 0 N–H and O–H groups in total. The van der Waals surface area contributed by atoms with E-state index in [1.54, 1.807) is 0 Å². The monoisotopic (exact) mass is 418 g/mol. The lowest BCUT2D eigenvalue weighted by atomic mass is 10.1. The van der Waals surface area contributed by atoms with E-state index < -0.39 is 52.2 Å². The van der Waals surface area contributed by atoms with Gasteiger partial charge in [0.1, 0.15) is 11.5 Å². The third kappa shape index (κ3) is 6.45. The third-order valence-corrected chi connectivity index (χ3v) is 3.56. The minimum Gasteiger partial charge on any atom is -0.484 e. The Hall–Kier alpha value is -1.06. The van der Waals surface area contributed by atoms with Crippen LogP contribution in [0, 0.1) is 0 Å². The van der Waals surface area contributed by atoms with E-state index in [0.717, 1.165) is 18.2 Å². The first-order valence-corrected chi connectivity index (χ1v) is 6.97. The van der Waals surface area contributed by atoms with Gasteiger partial charge in [0.05, 0.1) is 0 Å². The average Bonchev–Trinajstić information content (AvgIpc) is 2.41. The van der Waals surface area contributed by atoms with E-state index in [1.807, 2.05) is 0 Å². The molecule has 1 aromatic rings. The van der Waals surface area contributed by atoms with Crippen molar-refractivity contribution >= 4 is 40.0 Å². The van der Waals surface area contributed by atoms with Crippen LogP contribution in [0.2, 0.25) is 0 Å². The van der Waals surface area contributed by atoms with Gasteiger partial charge in [0.25, 0.3) is 5.24 Å². The fourth-order valence-electron chi connectivity index (χ4n) is 1.40. The molecule has 0 atom stereocenters. The number of carbonyl (C=O) groups is 1. The molecule has 1 aromatic carbocycles. The predicted molar refractivity (Wildman–Crippen MR) is 73.8 cm³/mol. The van der Waals surface area contributed by atoms with Crippen molar-refractivity contribution in [3.63, 3.8) is 0 Å². The van der Waals surface area contributed by atoms with E-state index in [-0.39, 0.29) is 0 Å². The standard InChI is InChI=1S/C12H7Cl3F6O3/c13-9(22)12(14,15)7-3-6(23-4-10(16,17)18)1-2-8(7)24-5-11(19,20)21/h1-3H,4-5H2. The Kier molecular flexibility index (Phi) is 6.51. The minimum atomic E-state index is -4.71. The normalized spacial score (nSPS) is 12.9. The number of alkyl halides is 8. The van der Waals surface area contributed by atoms with E-state index in [1.165, 1.54) is 0 Å². The highest BCUT2D eigenvalue weighted by atomic mass is 35.5. The van der Waals surface area contributed by atoms with E-state index in [0.29, 0.717) is 0 Å². The Morgan fingerprint density at radius 1 is 0.958 bits per heavy atom. The quantitative estimate of drug-likeness (QED) is 0.371. The molecule has 24 heavy (non-hydrogen) atoms. The zero-order valence-corrected chi connectivity index (χ0v) is 13.5. The lowest BCUT2D eigenvalue weighted by Crippen LogP contribution is -2.24. The van der Waals surface area contributed by atoms with Crippen molar-refractivity contribution in [1.29, 1.82) is 0 Å². The molecular formula is C12H7Cl3F6O3. The van der Waals surface area contributed by atoms with Crippen LogP contribution in [0.15, 0.2) is 18.2 Å². The number of halogens is 9. The molecule has 0 unspecified atom stereocenters. The van der Waals surface area contributed by atoms with Crippen LogP contribution in [-0.4, -0.2) is 30.8 Å². The highest BCUT2D eigenvalue weighted by molar-refractivity contribution is 6.78. The van der Waals surface area contributed by atoms with Crippen LogP contribution >= 0.6 is 34.8 Å². The van der Waals surface area contributed by atoms with Crippen molar-refractivity contribution in [3.8, 4) is 11.5 Å². The summed E-state index contributed by atoms with van der Waals surface area (Å²) < 4.78 is 79.4. The Labute approximate surface area is 146 Å². The largest absolute Gasteiger partial charge is 0.484 e. The zero-order chi connectivity index (χ0) is 18.8. The topological polar surface area (TPSA) is 35.5 Å². The summed E-state index contributed by atoms with van der Waals surface area (Å²) in [7, 11) is 0. The molecule has 12 heteroatoms. The molecule has 136 valence electrons. The minimum absolute atomic E-state index is 0.453. The smallest absolute Gasteiger partial charge is 0.422 e. The van der Waals surface area contributed by atoms with Crippen LogP contribution in [0.5, 0.6) is 11.5 Å². The van der Waals surface area contributed by atoms with E-state index in [2.05, 4.69) is 9.47 Å². The van der Waals surface area contributed by atoms with E-state index >= 15 is 0 Å². The van der Waals surface area contributed by atoms with Gasteiger partial charge in [-0.25, -0.2) is 0 Å². The second kappa shape index (κ2) is 7.45. The molecule has 3 nitrogen and oxygen atoms in total. The van der Waals surface area contributed by atoms with Gasteiger partial charge in [0.2, 0.25) is 4.33 Å². The molecule has 0 aliphatic carbocycles. The van der Waals surface area contributed by atoms with Gasteiger partial charge in [-0.05, 0) is 29.8 Å². The molecule has 0 bridgehead atoms. The fraction of sp³-hybridized carbons (Fsp3) is 0.417. The molecule has 0 aliphatic rings. The SMILES string of the molecule is O=C(Cl)C(Cl)(Cl)c1cc(OCC(F)(F)F)ccc1OCC(F)(F)F. The Balaban J connectivity index is 3.17. The first kappa shape index (κ1) is 21.0. The van der Waals surface area contributed by atoms with Crippen molar-refractivity contribution in [1.82, 2.24) is 0 Å². The Bertz CT molecular complexity index is 601. The molecule has 0 saturated carbocycles. The van der Waals surface area contributed by atoms with Crippen molar-refractivity contribution in [2.75, 3.05) is 13.2 Å². The third-order valence-electron chi connectivity index (χ3n) is 2.33. The molecule has 0 aliphatic heterocycles. The lowest BCUT2D eigenvalue weighted by molar-refractivity contribution is -0.154. The summed E-state index contributed by atoms with van der Waals surface area (Å²) in [6.07, 6.45) is -9.37. The predicted octanol–water partition coefficient (Wildman–Crippen LogP) is 4.96. The van der Waals surface area contributed by atoms with E-state index in [4.69, 9.17) is 34.8 Å². The molecule has 0 amide bonds. The van der Waals surface area contributed by atoms with Crippen molar-refractivity contribution in [2.45, 2.75) is 16.7 Å². The Morgan fingerprint density at radius 3 is 1.92 bits per heavy atom. The molecule has 0 fully saturated rings. The molecule has 0 spiro atoms. The molecule has 0 heterocycles. The number of hydrogen-bond donors (Lipinski definition) is 0. The second-order valence-corrected chi connectivity index (χ2v) is 5.98. The van der Waals surface area contributed by atoms with Crippen LogP contribution in [0.1, 0.15) is 5.56 Å². The van der Waals surface area contributed by atoms with Crippen LogP contribution < -0.4 is 9.47 Å². The second-order valence-electron chi connectivity index (χ2n) is 4.31. The highest BCUT2D eigenvalue weighted by Gasteiger charge is 2.39. The maximum atomic E-state index is 12.2. The molecule has 0 radical (unpaired) electrons. The van der Waals surface area contributed by atoms with Gasteiger partial charge < -0.3 is 9.47 Å². The number of ether oxygens (including phenoxy) is 2. The Morgan fingerprint density at radius 2 is 1.46 bits per heavy atom. The lowest BCUT2D eigenvalue weighted by Gasteiger charge is -2.21. The maximum Gasteiger partial charge on any atom is 0.422 e. The number of benzene rings is 1. The van der Waals surface area contributed by atoms with Gasteiger partial charge in [0, 0.05) is 5.56 Å². The number of carbonyl (C=O) groups excluding carboxylic acids is 1. The number of rotatable bonds is 6. The summed E-state index contributed by atoms with van der Waals surface area (Å²) in [5, 5.41) is -1.39. The van der Waals surface area contributed by atoms with Gasteiger partial charge in [0.15, 0.2) is 13.2 Å². The first-order valence-electron chi connectivity index (χ1n) is 5.84.